The molecule has 174 valence electrons. The second-order valence-corrected chi connectivity index (χ2v) is 10.5. The summed E-state index contributed by atoms with van der Waals surface area (Å²) >= 11 is 0. The minimum atomic E-state index is -4.70. The molecule has 0 radical (unpaired) electrons. The number of anilines is 1. The van der Waals surface area contributed by atoms with Crippen LogP contribution in [0.4, 0.5) is 18.9 Å². The lowest BCUT2D eigenvalue weighted by Crippen LogP contribution is -2.56. The topological polar surface area (TPSA) is 99.1 Å². The van der Waals surface area contributed by atoms with Crippen LogP contribution in [-0.2, 0) is 16.2 Å². The second kappa shape index (κ2) is 8.06. The van der Waals surface area contributed by atoms with Crippen LogP contribution in [0.3, 0.4) is 0 Å². The Kier molecular flexibility index (Phi) is 5.65. The average molecular weight is 478 g/mol. The van der Waals surface area contributed by atoms with E-state index in [9.17, 15) is 31.6 Å². The Hall–Kier alpha value is -3.06. The van der Waals surface area contributed by atoms with E-state index >= 15 is 0 Å². The van der Waals surface area contributed by atoms with E-state index in [-0.39, 0.29) is 16.0 Å². The zero-order valence-electron chi connectivity index (χ0n) is 17.6. The van der Waals surface area contributed by atoms with Gasteiger partial charge in [-0.3, -0.25) is 9.52 Å². The largest absolute Gasteiger partial charge is 0.416 e. The summed E-state index contributed by atoms with van der Waals surface area (Å²) in [5.41, 5.74) is -2.69. The highest BCUT2D eigenvalue weighted by atomic mass is 32.2. The van der Waals surface area contributed by atoms with Gasteiger partial charge in [-0.05, 0) is 68.9 Å². The first-order valence-corrected chi connectivity index (χ1v) is 12.0. The van der Waals surface area contributed by atoms with Crippen molar-refractivity contribution in [2.24, 2.45) is 5.41 Å². The van der Waals surface area contributed by atoms with Crippen molar-refractivity contribution in [3.63, 3.8) is 0 Å². The summed E-state index contributed by atoms with van der Waals surface area (Å²) in [5, 5.41) is 12.3. The Labute approximate surface area is 189 Å². The smallest absolute Gasteiger partial charge is 0.347 e. The highest BCUT2D eigenvalue weighted by Crippen LogP contribution is 2.52. The van der Waals surface area contributed by atoms with Gasteiger partial charge in [0.15, 0.2) is 0 Å². The summed E-state index contributed by atoms with van der Waals surface area (Å²) in [6.07, 6.45) is -1.21. The number of halogens is 3. The summed E-state index contributed by atoms with van der Waals surface area (Å²) in [6.45, 7) is 0. The van der Waals surface area contributed by atoms with Crippen LogP contribution in [0.25, 0.3) is 0 Å². The van der Waals surface area contributed by atoms with Gasteiger partial charge in [0.2, 0.25) is 0 Å². The minimum absolute atomic E-state index is 0.0812. The number of nitrogens with zero attached hydrogens (tertiary/aromatic N) is 1. The van der Waals surface area contributed by atoms with Crippen LogP contribution in [0.1, 0.15) is 54.4 Å². The number of benzene rings is 2. The lowest BCUT2D eigenvalue weighted by molar-refractivity contribution is -0.137. The summed E-state index contributed by atoms with van der Waals surface area (Å²) < 4.78 is 67.8. The third-order valence-electron chi connectivity index (χ3n) is 6.75. The third-order valence-corrected chi connectivity index (χ3v) is 8.13. The van der Waals surface area contributed by atoms with Gasteiger partial charge in [-0.1, -0.05) is 18.2 Å². The van der Waals surface area contributed by atoms with E-state index in [0.717, 1.165) is 12.1 Å². The molecule has 0 saturated heterocycles. The van der Waals surface area contributed by atoms with Crippen LogP contribution in [0.5, 0.6) is 0 Å². The molecule has 5 rings (SSSR count). The molecule has 6 nitrogen and oxygen atoms in total. The van der Waals surface area contributed by atoms with Gasteiger partial charge in [0.1, 0.15) is 0 Å². The molecule has 3 aliphatic rings. The summed E-state index contributed by atoms with van der Waals surface area (Å²) in [5.74, 6) is -0.779. The maximum atomic E-state index is 13.4. The lowest BCUT2D eigenvalue weighted by Gasteiger charge is -2.50. The number of alkyl halides is 3. The molecule has 0 spiro atoms. The molecule has 3 aliphatic carbocycles. The zero-order chi connectivity index (χ0) is 23.9. The normalized spacial score (nSPS) is 24.7. The molecular formula is C23H22F3N3O3S. The number of hydrogen-bond acceptors (Lipinski definition) is 4. The van der Waals surface area contributed by atoms with Crippen molar-refractivity contribution in [1.82, 2.24) is 5.32 Å². The van der Waals surface area contributed by atoms with Gasteiger partial charge in [-0.2, -0.15) is 18.4 Å². The molecule has 3 fully saturated rings. The number of nitriles is 1. The summed E-state index contributed by atoms with van der Waals surface area (Å²) in [6, 6.07) is 12.1. The Balaban J connectivity index is 1.66. The first kappa shape index (κ1) is 23.1. The van der Waals surface area contributed by atoms with Crippen molar-refractivity contribution in [2.75, 3.05) is 4.72 Å². The highest BCUT2D eigenvalue weighted by molar-refractivity contribution is 7.92. The summed E-state index contributed by atoms with van der Waals surface area (Å²) in [7, 11) is -4.12. The number of fused-ring (bicyclic) bond motifs is 3. The Bertz CT molecular complexity index is 1200. The summed E-state index contributed by atoms with van der Waals surface area (Å²) in [4.78, 5) is 13.1. The zero-order valence-corrected chi connectivity index (χ0v) is 18.4. The van der Waals surface area contributed by atoms with E-state index in [1.165, 1.54) is 24.3 Å². The molecule has 0 aromatic heterocycles. The molecule has 1 amide bonds. The Morgan fingerprint density at radius 2 is 1.58 bits per heavy atom. The van der Waals surface area contributed by atoms with Crippen molar-refractivity contribution in [3.05, 3.63) is 59.7 Å². The molecule has 0 unspecified atom stereocenters. The molecule has 2 bridgehead atoms. The lowest BCUT2D eigenvalue weighted by atomic mass is 9.58. The van der Waals surface area contributed by atoms with Crippen molar-refractivity contribution in [1.29, 1.82) is 5.26 Å². The molecular weight excluding hydrogens is 455 g/mol. The molecule has 0 atom stereocenters. The number of sulfonamides is 1. The molecule has 2 N–H and O–H groups in total. The van der Waals surface area contributed by atoms with Crippen molar-refractivity contribution >= 4 is 21.6 Å². The number of carbonyl (C=O) groups is 1. The van der Waals surface area contributed by atoms with Gasteiger partial charge in [0, 0.05) is 5.54 Å². The van der Waals surface area contributed by atoms with E-state index in [2.05, 4.69) is 16.1 Å². The second-order valence-electron chi connectivity index (χ2n) is 8.80. The number of amides is 1. The van der Waals surface area contributed by atoms with Gasteiger partial charge >= 0.3 is 6.18 Å². The van der Waals surface area contributed by atoms with Gasteiger partial charge < -0.3 is 5.32 Å². The molecule has 10 heteroatoms. The average Bonchev–Trinajstić information content (AvgIpc) is 2.80. The number of nitrogens with one attached hydrogen (secondary N) is 2. The fourth-order valence-corrected chi connectivity index (χ4v) is 5.75. The van der Waals surface area contributed by atoms with Crippen LogP contribution in [0.15, 0.2) is 53.4 Å². The minimum Gasteiger partial charge on any atom is -0.347 e. The van der Waals surface area contributed by atoms with Crippen molar-refractivity contribution in [2.45, 2.75) is 55.1 Å². The first-order chi connectivity index (χ1) is 15.5. The van der Waals surface area contributed by atoms with E-state index in [4.69, 9.17) is 0 Å². The van der Waals surface area contributed by atoms with Crippen LogP contribution in [0, 0.1) is 16.7 Å². The monoisotopic (exact) mass is 477 g/mol. The van der Waals surface area contributed by atoms with E-state index in [0.29, 0.717) is 44.6 Å². The fraction of sp³-hybridized carbons (Fsp3) is 0.391. The molecule has 33 heavy (non-hydrogen) atoms. The van der Waals surface area contributed by atoms with Crippen LogP contribution in [0.2, 0.25) is 0 Å². The number of hydrogen-bond donors (Lipinski definition) is 2. The SMILES string of the molecule is N#CC12CCC(NC(=O)c3cc(C(F)(F)F)ccc3NS(=O)(=O)c3ccccc3)(CC1)CC2. The molecule has 2 aromatic carbocycles. The van der Waals surface area contributed by atoms with Gasteiger partial charge in [0.05, 0.1) is 33.2 Å². The predicted molar refractivity (Wildman–Crippen MR) is 115 cm³/mol. The number of rotatable bonds is 5. The van der Waals surface area contributed by atoms with E-state index in [1.807, 2.05) is 0 Å². The van der Waals surface area contributed by atoms with Gasteiger partial charge in [-0.25, -0.2) is 8.42 Å². The third kappa shape index (κ3) is 4.55. The molecule has 0 heterocycles. The Morgan fingerprint density at radius 3 is 2.12 bits per heavy atom. The quantitative estimate of drug-likeness (QED) is 0.643. The van der Waals surface area contributed by atoms with Crippen LogP contribution < -0.4 is 10.0 Å². The van der Waals surface area contributed by atoms with Crippen LogP contribution in [-0.4, -0.2) is 19.9 Å². The Morgan fingerprint density at radius 1 is 0.970 bits per heavy atom. The van der Waals surface area contributed by atoms with Gasteiger partial charge in [-0.15, -0.1) is 0 Å². The maximum Gasteiger partial charge on any atom is 0.416 e. The van der Waals surface area contributed by atoms with Crippen molar-refractivity contribution in [3.8, 4) is 6.07 Å². The van der Waals surface area contributed by atoms with Crippen LogP contribution >= 0.6 is 0 Å². The molecule has 2 aromatic rings. The predicted octanol–water partition coefficient (Wildman–Crippen LogP) is 4.85. The highest BCUT2D eigenvalue weighted by Gasteiger charge is 2.49. The standard InChI is InChI=1S/C23H22F3N3O3S/c24-23(25,26)16-6-7-19(29-33(31,32)17-4-2-1-3-5-17)18(14-16)20(30)28-22-11-8-21(15-27,9-12-22)10-13-22/h1-7,14,29H,8-13H2,(H,28,30). The van der Waals surface area contributed by atoms with Crippen molar-refractivity contribution < 1.29 is 26.4 Å². The number of carbonyl (C=O) groups excluding carboxylic acids is 1. The molecule has 0 aliphatic heterocycles. The maximum absolute atomic E-state index is 13.4. The first-order valence-electron chi connectivity index (χ1n) is 10.5. The van der Waals surface area contributed by atoms with E-state index < -0.39 is 38.8 Å². The van der Waals surface area contributed by atoms with Gasteiger partial charge in [0.25, 0.3) is 15.9 Å². The molecule has 3 saturated carbocycles. The van der Waals surface area contributed by atoms with E-state index in [1.54, 1.807) is 6.07 Å². The fourth-order valence-electron chi connectivity index (χ4n) is 4.65.